The summed E-state index contributed by atoms with van der Waals surface area (Å²) in [6, 6.07) is 16.2. The molecule has 6 heteroatoms. The minimum Gasteiger partial charge on any atom is -0.497 e. The first-order valence-corrected chi connectivity index (χ1v) is 7.99. The number of para-hydroxylation sites is 1. The molecule has 3 aromatic rings. The van der Waals surface area contributed by atoms with Gasteiger partial charge in [0.15, 0.2) is 5.76 Å². The molecule has 1 amide bonds. The van der Waals surface area contributed by atoms with Crippen molar-refractivity contribution >= 4 is 11.6 Å². The molecule has 0 unspecified atom stereocenters. The van der Waals surface area contributed by atoms with Crippen molar-refractivity contribution in [2.24, 2.45) is 0 Å². The van der Waals surface area contributed by atoms with Gasteiger partial charge >= 0.3 is 0 Å². The number of methoxy groups -OCH3 is 2. The van der Waals surface area contributed by atoms with Crippen LogP contribution in [0.4, 0.5) is 5.69 Å². The Hall–Kier alpha value is -3.41. The normalized spacial score (nSPS) is 10.2. The van der Waals surface area contributed by atoms with Gasteiger partial charge in [-0.3, -0.25) is 4.79 Å². The lowest BCUT2D eigenvalue weighted by Gasteiger charge is -2.11. The van der Waals surface area contributed by atoms with E-state index in [9.17, 15) is 4.79 Å². The van der Waals surface area contributed by atoms with Gasteiger partial charge < -0.3 is 23.9 Å². The molecule has 134 valence electrons. The Morgan fingerprint density at radius 1 is 1.00 bits per heavy atom. The van der Waals surface area contributed by atoms with Gasteiger partial charge in [0.05, 0.1) is 26.2 Å². The van der Waals surface area contributed by atoms with Gasteiger partial charge in [0.2, 0.25) is 0 Å². The highest BCUT2D eigenvalue weighted by Crippen LogP contribution is 2.29. The molecule has 0 spiro atoms. The van der Waals surface area contributed by atoms with Gasteiger partial charge in [-0.2, -0.15) is 0 Å². The third kappa shape index (κ3) is 3.97. The van der Waals surface area contributed by atoms with Crippen molar-refractivity contribution in [3.63, 3.8) is 0 Å². The number of hydrogen-bond acceptors (Lipinski definition) is 5. The van der Waals surface area contributed by atoms with Crippen LogP contribution in [0.15, 0.2) is 65.3 Å². The number of carbonyl (C=O) groups is 1. The van der Waals surface area contributed by atoms with Gasteiger partial charge in [0.1, 0.15) is 23.9 Å². The molecule has 0 radical (unpaired) electrons. The van der Waals surface area contributed by atoms with E-state index in [0.29, 0.717) is 22.7 Å². The summed E-state index contributed by atoms with van der Waals surface area (Å²) in [5.74, 6) is 1.63. The maximum atomic E-state index is 12.6. The van der Waals surface area contributed by atoms with Gasteiger partial charge in [-0.1, -0.05) is 18.2 Å². The minimum atomic E-state index is -0.395. The van der Waals surface area contributed by atoms with Crippen LogP contribution in [0, 0.1) is 0 Å². The van der Waals surface area contributed by atoms with Crippen LogP contribution in [0.1, 0.15) is 16.1 Å². The number of amides is 1. The molecular formula is C20H19NO5. The highest BCUT2D eigenvalue weighted by atomic mass is 16.5. The van der Waals surface area contributed by atoms with E-state index in [2.05, 4.69) is 5.32 Å². The highest BCUT2D eigenvalue weighted by molar-refractivity contribution is 6.04. The smallest absolute Gasteiger partial charge is 0.291 e. The average Bonchev–Trinajstić information content (AvgIpc) is 3.16. The third-order valence-electron chi connectivity index (χ3n) is 3.75. The minimum absolute atomic E-state index is 0.186. The Bertz CT molecular complexity index is 873. The molecule has 6 nitrogen and oxygen atoms in total. The summed E-state index contributed by atoms with van der Waals surface area (Å²) in [5.41, 5.74) is 1.14. The number of furan rings is 1. The quantitative estimate of drug-likeness (QED) is 0.692. The van der Waals surface area contributed by atoms with Crippen molar-refractivity contribution in [1.82, 2.24) is 0 Å². The summed E-state index contributed by atoms with van der Waals surface area (Å²) in [6.45, 7) is 0.221. The van der Waals surface area contributed by atoms with Crippen LogP contribution in [-0.2, 0) is 6.61 Å². The first-order chi connectivity index (χ1) is 12.7. The van der Waals surface area contributed by atoms with E-state index in [1.54, 1.807) is 31.4 Å². The Labute approximate surface area is 151 Å². The molecule has 1 aromatic heterocycles. The molecule has 1 N–H and O–H groups in total. The number of ether oxygens (including phenoxy) is 3. The SMILES string of the molecule is COc1ccc(OC)c(NC(=O)c2occc2COc2ccccc2)c1. The van der Waals surface area contributed by atoms with Crippen molar-refractivity contribution in [1.29, 1.82) is 0 Å². The van der Waals surface area contributed by atoms with Crippen LogP contribution in [-0.4, -0.2) is 20.1 Å². The number of benzene rings is 2. The molecule has 2 aromatic carbocycles. The number of carbonyl (C=O) groups excluding carboxylic acids is 1. The zero-order valence-electron chi connectivity index (χ0n) is 14.5. The number of rotatable bonds is 7. The fraction of sp³-hybridized carbons (Fsp3) is 0.150. The van der Waals surface area contributed by atoms with Crippen LogP contribution in [0.5, 0.6) is 17.2 Å². The Balaban J connectivity index is 1.74. The summed E-state index contributed by atoms with van der Waals surface area (Å²) >= 11 is 0. The molecule has 26 heavy (non-hydrogen) atoms. The predicted octanol–water partition coefficient (Wildman–Crippen LogP) is 4.13. The zero-order chi connectivity index (χ0) is 18.4. The van der Waals surface area contributed by atoms with Crippen LogP contribution in [0.25, 0.3) is 0 Å². The Morgan fingerprint density at radius 3 is 2.54 bits per heavy atom. The summed E-state index contributed by atoms with van der Waals surface area (Å²) in [4.78, 5) is 12.6. The standard InChI is InChI=1S/C20H19NO5/c1-23-16-8-9-18(24-2)17(12-16)21-20(22)19-14(10-11-25-19)13-26-15-6-4-3-5-7-15/h3-12H,13H2,1-2H3,(H,21,22). The van der Waals surface area contributed by atoms with Crippen molar-refractivity contribution < 1.29 is 23.4 Å². The monoisotopic (exact) mass is 353 g/mol. The molecule has 0 saturated carbocycles. The highest BCUT2D eigenvalue weighted by Gasteiger charge is 2.18. The first-order valence-electron chi connectivity index (χ1n) is 7.99. The molecule has 0 aliphatic carbocycles. The summed E-state index contributed by atoms with van der Waals surface area (Å²) < 4.78 is 21.5. The zero-order valence-corrected chi connectivity index (χ0v) is 14.5. The van der Waals surface area contributed by atoms with Gasteiger partial charge in [-0.25, -0.2) is 0 Å². The lowest BCUT2D eigenvalue weighted by Crippen LogP contribution is -2.14. The predicted molar refractivity (Wildman–Crippen MR) is 97.0 cm³/mol. The van der Waals surface area contributed by atoms with Crippen LogP contribution >= 0.6 is 0 Å². The molecule has 0 saturated heterocycles. The van der Waals surface area contributed by atoms with Crippen molar-refractivity contribution in [3.05, 3.63) is 72.2 Å². The van der Waals surface area contributed by atoms with E-state index in [-0.39, 0.29) is 12.4 Å². The van der Waals surface area contributed by atoms with Gasteiger partial charge in [-0.15, -0.1) is 0 Å². The maximum absolute atomic E-state index is 12.6. The van der Waals surface area contributed by atoms with Gasteiger partial charge in [-0.05, 0) is 30.3 Å². The molecule has 0 atom stereocenters. The second kappa shape index (κ2) is 8.11. The van der Waals surface area contributed by atoms with Gasteiger partial charge in [0.25, 0.3) is 5.91 Å². The van der Waals surface area contributed by atoms with E-state index < -0.39 is 5.91 Å². The van der Waals surface area contributed by atoms with E-state index >= 15 is 0 Å². The number of nitrogens with one attached hydrogen (secondary N) is 1. The van der Waals surface area contributed by atoms with E-state index in [1.807, 2.05) is 30.3 Å². The Kier molecular flexibility index (Phi) is 5.43. The van der Waals surface area contributed by atoms with E-state index in [0.717, 1.165) is 5.75 Å². The van der Waals surface area contributed by atoms with Gasteiger partial charge in [0, 0.05) is 11.6 Å². The summed E-state index contributed by atoms with van der Waals surface area (Å²) in [6.07, 6.45) is 1.46. The van der Waals surface area contributed by atoms with E-state index in [1.165, 1.54) is 13.4 Å². The van der Waals surface area contributed by atoms with Crippen molar-refractivity contribution in [2.75, 3.05) is 19.5 Å². The van der Waals surface area contributed by atoms with Crippen molar-refractivity contribution in [2.45, 2.75) is 6.61 Å². The van der Waals surface area contributed by atoms with Crippen LogP contribution in [0.2, 0.25) is 0 Å². The van der Waals surface area contributed by atoms with E-state index in [4.69, 9.17) is 18.6 Å². The topological polar surface area (TPSA) is 69.9 Å². The average molecular weight is 353 g/mol. The second-order valence-electron chi connectivity index (χ2n) is 5.40. The van der Waals surface area contributed by atoms with Crippen molar-refractivity contribution in [3.8, 4) is 17.2 Å². The number of anilines is 1. The molecule has 0 aliphatic heterocycles. The lowest BCUT2D eigenvalue weighted by atomic mass is 10.2. The maximum Gasteiger partial charge on any atom is 0.291 e. The molecule has 1 heterocycles. The first kappa shape index (κ1) is 17.4. The lowest BCUT2D eigenvalue weighted by molar-refractivity contribution is 0.0993. The van der Waals surface area contributed by atoms with Crippen LogP contribution < -0.4 is 19.5 Å². The third-order valence-corrected chi connectivity index (χ3v) is 3.75. The molecule has 0 fully saturated rings. The molecule has 0 aliphatic rings. The summed E-state index contributed by atoms with van der Waals surface area (Å²) in [7, 11) is 3.09. The number of hydrogen-bond donors (Lipinski definition) is 1. The Morgan fingerprint density at radius 2 is 1.81 bits per heavy atom. The van der Waals surface area contributed by atoms with Crippen LogP contribution in [0.3, 0.4) is 0 Å². The molecular weight excluding hydrogens is 334 g/mol. The molecule has 3 rings (SSSR count). The summed E-state index contributed by atoms with van der Waals surface area (Å²) in [5, 5.41) is 2.78. The molecule has 0 bridgehead atoms. The largest absolute Gasteiger partial charge is 0.497 e. The fourth-order valence-electron chi connectivity index (χ4n) is 2.42. The second-order valence-corrected chi connectivity index (χ2v) is 5.40. The fourth-order valence-corrected chi connectivity index (χ4v) is 2.42.